The lowest BCUT2D eigenvalue weighted by Gasteiger charge is -2.36. The number of piperazine rings is 1. The first-order chi connectivity index (χ1) is 13.3. The highest BCUT2D eigenvalue weighted by atomic mass is 32.2. The van der Waals surface area contributed by atoms with Crippen LogP contribution in [0.4, 0.5) is 5.82 Å². The molecule has 28 heavy (non-hydrogen) atoms. The molecule has 3 heterocycles. The summed E-state index contributed by atoms with van der Waals surface area (Å²) >= 11 is 0. The molecule has 10 nitrogen and oxygen atoms in total. The second-order valence-corrected chi connectivity index (χ2v) is 8.75. The number of amides is 1. The summed E-state index contributed by atoms with van der Waals surface area (Å²) < 4.78 is 29.1. The van der Waals surface area contributed by atoms with Gasteiger partial charge in [0.2, 0.25) is 27.6 Å². The van der Waals surface area contributed by atoms with Crippen LogP contribution in [0.2, 0.25) is 0 Å². The van der Waals surface area contributed by atoms with Crippen molar-refractivity contribution in [3.8, 4) is 11.4 Å². The van der Waals surface area contributed by atoms with Gasteiger partial charge in [0.05, 0.1) is 12.8 Å². The Bertz CT molecular complexity index is 919. The highest BCUT2D eigenvalue weighted by Gasteiger charge is 2.24. The molecule has 0 bridgehead atoms. The summed E-state index contributed by atoms with van der Waals surface area (Å²) in [6, 6.07) is 3.79. The van der Waals surface area contributed by atoms with Crippen molar-refractivity contribution < 1.29 is 17.7 Å². The van der Waals surface area contributed by atoms with Crippen LogP contribution < -0.4 is 4.90 Å². The number of carbonyl (C=O) groups excluding carboxylic acids is 1. The van der Waals surface area contributed by atoms with Gasteiger partial charge < -0.3 is 14.3 Å². The first-order valence-corrected chi connectivity index (χ1v) is 10.9. The third-order valence-electron chi connectivity index (χ3n) is 4.66. The molecule has 2 aromatic heterocycles. The maximum Gasteiger partial charge on any atom is 0.238 e. The van der Waals surface area contributed by atoms with Crippen LogP contribution in [0.3, 0.4) is 0 Å². The van der Waals surface area contributed by atoms with Crippen LogP contribution >= 0.6 is 0 Å². The van der Waals surface area contributed by atoms with Gasteiger partial charge >= 0.3 is 0 Å². The minimum atomic E-state index is -3.37. The molecule has 1 amide bonds. The highest BCUT2D eigenvalue weighted by Crippen LogP contribution is 2.19. The number of rotatable bonds is 6. The summed E-state index contributed by atoms with van der Waals surface area (Å²) in [6.07, 6.45) is 3.48. The Kier molecular flexibility index (Phi) is 5.94. The van der Waals surface area contributed by atoms with Crippen molar-refractivity contribution in [3.05, 3.63) is 24.2 Å². The molecule has 0 aliphatic carbocycles. The maximum atomic E-state index is 12.3. The van der Waals surface area contributed by atoms with Crippen molar-refractivity contribution >= 4 is 21.7 Å². The predicted octanol–water partition coefficient (Wildman–Crippen LogP) is 0.234. The van der Waals surface area contributed by atoms with Gasteiger partial charge in [-0.05, 0) is 12.1 Å². The van der Waals surface area contributed by atoms with E-state index in [2.05, 4.69) is 20.0 Å². The van der Waals surface area contributed by atoms with Gasteiger partial charge in [0.25, 0.3) is 0 Å². The topological polar surface area (TPSA) is 113 Å². The van der Waals surface area contributed by atoms with Crippen LogP contribution in [0, 0.1) is 0 Å². The number of nitrogens with zero attached hydrogens (tertiary/aromatic N) is 6. The van der Waals surface area contributed by atoms with E-state index >= 15 is 0 Å². The number of aryl methyl sites for hydroxylation is 1. The van der Waals surface area contributed by atoms with Crippen molar-refractivity contribution in [3.63, 3.8) is 0 Å². The van der Waals surface area contributed by atoms with E-state index in [1.807, 2.05) is 19.1 Å². The van der Waals surface area contributed by atoms with Crippen molar-refractivity contribution in [2.45, 2.75) is 13.3 Å². The highest BCUT2D eigenvalue weighted by molar-refractivity contribution is 7.88. The van der Waals surface area contributed by atoms with Gasteiger partial charge in [-0.3, -0.25) is 4.79 Å². The Balaban J connectivity index is 1.56. The smallest absolute Gasteiger partial charge is 0.238 e. The van der Waals surface area contributed by atoms with Crippen molar-refractivity contribution in [2.24, 2.45) is 0 Å². The first-order valence-electron chi connectivity index (χ1n) is 9.01. The average molecular weight is 408 g/mol. The van der Waals surface area contributed by atoms with Crippen LogP contribution in [0.25, 0.3) is 11.4 Å². The number of sulfonamides is 1. The van der Waals surface area contributed by atoms with E-state index in [9.17, 15) is 13.2 Å². The third-order valence-corrected chi connectivity index (χ3v) is 5.92. The maximum absolute atomic E-state index is 12.3. The zero-order chi connectivity index (χ0) is 20.3. The fraction of sp³-hybridized carbons (Fsp3) is 0.529. The van der Waals surface area contributed by atoms with Gasteiger partial charge in [0, 0.05) is 51.4 Å². The Morgan fingerprint density at radius 3 is 2.50 bits per heavy atom. The Hall–Kier alpha value is -2.53. The number of carbonyl (C=O) groups is 1. The Morgan fingerprint density at radius 2 is 1.96 bits per heavy atom. The molecule has 0 atom stereocenters. The second kappa shape index (κ2) is 8.23. The lowest BCUT2D eigenvalue weighted by atomic mass is 10.2. The van der Waals surface area contributed by atoms with Crippen LogP contribution in [0.5, 0.6) is 0 Å². The largest absolute Gasteiger partial charge is 0.353 e. The molecule has 152 valence electrons. The number of anilines is 1. The lowest BCUT2D eigenvalue weighted by Crippen LogP contribution is -2.51. The minimum Gasteiger partial charge on any atom is -0.353 e. The first kappa shape index (κ1) is 20.2. The van der Waals surface area contributed by atoms with Crippen molar-refractivity contribution in [1.29, 1.82) is 0 Å². The monoisotopic (exact) mass is 408 g/mol. The van der Waals surface area contributed by atoms with Gasteiger partial charge in [0.15, 0.2) is 0 Å². The van der Waals surface area contributed by atoms with E-state index in [0.29, 0.717) is 44.3 Å². The molecular weight excluding hydrogens is 384 g/mol. The average Bonchev–Trinajstić information content (AvgIpc) is 3.17. The molecule has 11 heteroatoms. The standard InChI is InChI=1S/C17H24N6O4S/c1-4-15-19-17(20-27-15)13-5-6-14(18-11-13)22-7-9-23(10-8-22)16(24)12-21(2)28(3,25)26/h5-6,11H,4,7-10,12H2,1-3H3. The van der Waals surface area contributed by atoms with E-state index < -0.39 is 10.0 Å². The second-order valence-electron chi connectivity index (χ2n) is 6.66. The molecular formula is C17H24N6O4S. The molecule has 0 unspecified atom stereocenters. The lowest BCUT2D eigenvalue weighted by molar-refractivity contribution is -0.131. The zero-order valence-corrected chi connectivity index (χ0v) is 17.0. The van der Waals surface area contributed by atoms with Crippen LogP contribution in [-0.2, 0) is 21.2 Å². The zero-order valence-electron chi connectivity index (χ0n) is 16.2. The molecule has 0 aromatic carbocycles. The molecule has 0 spiro atoms. The van der Waals surface area contributed by atoms with Gasteiger partial charge in [0.1, 0.15) is 5.82 Å². The summed E-state index contributed by atoms with van der Waals surface area (Å²) in [5, 5.41) is 3.94. The van der Waals surface area contributed by atoms with Crippen LogP contribution in [0.15, 0.2) is 22.9 Å². The van der Waals surface area contributed by atoms with E-state index in [1.54, 1.807) is 11.1 Å². The molecule has 2 aromatic rings. The van der Waals surface area contributed by atoms with Crippen molar-refractivity contribution in [1.82, 2.24) is 24.3 Å². The summed E-state index contributed by atoms with van der Waals surface area (Å²) in [5.41, 5.74) is 0.782. The number of aromatic nitrogens is 3. The van der Waals surface area contributed by atoms with Gasteiger partial charge in [-0.25, -0.2) is 13.4 Å². The molecule has 1 saturated heterocycles. The summed E-state index contributed by atoms with van der Waals surface area (Å²) in [7, 11) is -1.96. The fourth-order valence-corrected chi connectivity index (χ4v) is 3.16. The Labute approximate surface area is 164 Å². The van der Waals surface area contributed by atoms with E-state index in [-0.39, 0.29) is 12.5 Å². The van der Waals surface area contributed by atoms with E-state index in [4.69, 9.17) is 4.52 Å². The number of hydrogen-bond donors (Lipinski definition) is 0. The quantitative estimate of drug-likeness (QED) is 0.668. The molecule has 1 fully saturated rings. The molecule has 3 rings (SSSR count). The SMILES string of the molecule is CCc1nc(-c2ccc(N3CCN(C(=O)CN(C)S(C)(=O)=O)CC3)nc2)no1. The summed E-state index contributed by atoms with van der Waals surface area (Å²) in [4.78, 5) is 24.8. The van der Waals surface area contributed by atoms with Crippen LogP contribution in [0.1, 0.15) is 12.8 Å². The van der Waals surface area contributed by atoms with E-state index in [0.717, 1.165) is 21.9 Å². The van der Waals surface area contributed by atoms with Crippen molar-refractivity contribution in [2.75, 3.05) is 50.9 Å². The Morgan fingerprint density at radius 1 is 1.25 bits per heavy atom. The number of likely N-dealkylation sites (N-methyl/N-ethyl adjacent to an activating group) is 1. The summed E-state index contributed by atoms with van der Waals surface area (Å²) in [5.74, 6) is 1.71. The van der Waals surface area contributed by atoms with Crippen LogP contribution in [-0.4, -0.2) is 84.7 Å². The molecule has 0 radical (unpaired) electrons. The summed E-state index contributed by atoms with van der Waals surface area (Å²) in [6.45, 7) is 4.10. The molecule has 0 N–H and O–H groups in total. The molecule has 1 aliphatic rings. The van der Waals surface area contributed by atoms with Gasteiger partial charge in [-0.1, -0.05) is 12.1 Å². The number of pyridine rings is 1. The normalized spacial score (nSPS) is 15.3. The van der Waals surface area contributed by atoms with Gasteiger partial charge in [-0.15, -0.1) is 0 Å². The molecule has 1 aliphatic heterocycles. The van der Waals surface area contributed by atoms with E-state index in [1.165, 1.54) is 7.05 Å². The third kappa shape index (κ3) is 4.65. The minimum absolute atomic E-state index is 0.143. The fourth-order valence-electron chi connectivity index (χ4n) is 2.81. The van der Waals surface area contributed by atoms with Gasteiger partial charge in [-0.2, -0.15) is 9.29 Å². The number of hydrogen-bond acceptors (Lipinski definition) is 8. The molecule has 0 saturated carbocycles. The predicted molar refractivity (Wildman–Crippen MR) is 103 cm³/mol.